The van der Waals surface area contributed by atoms with E-state index in [9.17, 15) is 13.0 Å². The summed E-state index contributed by atoms with van der Waals surface area (Å²) < 4.78 is 42.9. The third-order valence-corrected chi connectivity index (χ3v) is 5.74. The zero-order valence-corrected chi connectivity index (χ0v) is 16.8. The van der Waals surface area contributed by atoms with Crippen LogP contribution >= 0.6 is 0 Å². The first-order valence-corrected chi connectivity index (χ1v) is 10.1. The van der Waals surface area contributed by atoms with Crippen molar-refractivity contribution in [1.29, 1.82) is 0 Å². The van der Waals surface area contributed by atoms with Crippen molar-refractivity contribution < 1.29 is 22.4 Å². The molecule has 146 valence electrons. The van der Waals surface area contributed by atoms with E-state index in [4.69, 9.17) is 10.6 Å². The molecule has 0 aliphatic rings. The minimum Gasteiger partial charge on any atom is -0.744 e. The average Bonchev–Trinajstić information content (AvgIpc) is 2.61. The molecule has 0 radical (unpaired) electrons. The third-order valence-electron chi connectivity index (χ3n) is 4.61. The normalized spacial score (nSPS) is 11.4. The number of rotatable bonds is 5. The van der Waals surface area contributed by atoms with Crippen LogP contribution in [0.25, 0.3) is 11.3 Å². The summed E-state index contributed by atoms with van der Waals surface area (Å²) in [5, 5.41) is 0. The second-order valence-corrected chi connectivity index (χ2v) is 8.01. The Bertz CT molecular complexity index is 1130. The largest absolute Gasteiger partial charge is 0.744 e. The first kappa shape index (κ1) is 19.9. The topological polar surface area (TPSA) is 96.3 Å². The lowest BCUT2D eigenvalue weighted by atomic mass is 9.96. The molecule has 0 saturated carbocycles. The van der Waals surface area contributed by atoms with E-state index in [1.54, 1.807) is 38.2 Å². The zero-order valence-electron chi connectivity index (χ0n) is 16.0. The lowest BCUT2D eigenvalue weighted by molar-refractivity contribution is -0.627. The van der Waals surface area contributed by atoms with Crippen LogP contribution < -0.4 is 15.3 Å². The number of aryl methyl sites for hydroxylation is 2. The van der Waals surface area contributed by atoms with Crippen LogP contribution in [0.1, 0.15) is 22.3 Å². The van der Waals surface area contributed by atoms with Crippen molar-refractivity contribution in [2.24, 2.45) is 0 Å². The molecular weight excluding hydrogens is 376 g/mol. The highest BCUT2D eigenvalue weighted by Gasteiger charge is 2.26. The average molecular weight is 398 g/mol. The van der Waals surface area contributed by atoms with Gasteiger partial charge in [-0.15, -0.1) is 0 Å². The molecule has 7 heteroatoms. The smallest absolute Gasteiger partial charge is 0.284 e. The monoisotopic (exact) mass is 398 g/mol. The van der Waals surface area contributed by atoms with Crippen LogP contribution in [-0.4, -0.2) is 13.0 Å². The van der Waals surface area contributed by atoms with Gasteiger partial charge in [-0.05, 0) is 49.1 Å². The van der Waals surface area contributed by atoms with Gasteiger partial charge >= 0.3 is 0 Å². The van der Waals surface area contributed by atoms with Crippen molar-refractivity contribution in [2.75, 3.05) is 5.84 Å². The molecule has 28 heavy (non-hydrogen) atoms. The molecule has 3 rings (SSSR count). The fraction of sp³-hybridized carbons (Fsp3) is 0.190. The molecule has 0 fully saturated rings. The molecule has 0 bridgehead atoms. The Balaban J connectivity index is 2.17. The van der Waals surface area contributed by atoms with Crippen molar-refractivity contribution in [3.63, 3.8) is 0 Å². The van der Waals surface area contributed by atoms with Gasteiger partial charge in [-0.2, -0.15) is 0 Å². The fourth-order valence-electron chi connectivity index (χ4n) is 3.52. The third kappa shape index (κ3) is 3.85. The second kappa shape index (κ2) is 7.61. The Morgan fingerprint density at radius 1 is 1.04 bits per heavy atom. The molecule has 6 nitrogen and oxygen atoms in total. The highest BCUT2D eigenvalue weighted by Crippen LogP contribution is 2.36. The second-order valence-electron chi connectivity index (χ2n) is 6.70. The summed E-state index contributed by atoms with van der Waals surface area (Å²) in [7, 11) is -4.63. The summed E-state index contributed by atoms with van der Waals surface area (Å²) in [6, 6.07) is 14.9. The number of nitrogens with zero attached hydrogens (tertiary/aromatic N) is 1. The molecule has 0 unspecified atom stereocenters. The van der Waals surface area contributed by atoms with E-state index in [1.165, 1.54) is 4.68 Å². The van der Waals surface area contributed by atoms with Crippen molar-refractivity contribution in [2.45, 2.75) is 32.3 Å². The predicted molar refractivity (Wildman–Crippen MR) is 105 cm³/mol. The van der Waals surface area contributed by atoms with Crippen LogP contribution in [0.15, 0.2) is 59.6 Å². The van der Waals surface area contributed by atoms with Crippen LogP contribution in [0.4, 0.5) is 0 Å². The lowest BCUT2D eigenvalue weighted by Gasteiger charge is -2.19. The van der Waals surface area contributed by atoms with Gasteiger partial charge in [0.2, 0.25) is 0 Å². The first-order chi connectivity index (χ1) is 13.2. The molecule has 0 amide bonds. The van der Waals surface area contributed by atoms with Gasteiger partial charge < -0.3 is 9.29 Å². The highest BCUT2D eigenvalue weighted by molar-refractivity contribution is 7.85. The molecule has 0 saturated heterocycles. The van der Waals surface area contributed by atoms with E-state index in [0.29, 0.717) is 34.7 Å². The fourth-order valence-corrected chi connectivity index (χ4v) is 4.45. The minimum absolute atomic E-state index is 0.217. The number of hydrogen-bond donors (Lipinski definition) is 1. The number of nitrogen functional groups attached to an aromatic ring is 1. The molecule has 2 aromatic carbocycles. The predicted octanol–water partition coefficient (Wildman–Crippen LogP) is 2.76. The van der Waals surface area contributed by atoms with E-state index < -0.39 is 10.1 Å². The summed E-state index contributed by atoms with van der Waals surface area (Å²) in [4.78, 5) is -0.217. The van der Waals surface area contributed by atoms with Gasteiger partial charge in [-0.25, -0.2) is 14.3 Å². The van der Waals surface area contributed by atoms with Crippen molar-refractivity contribution in [3.05, 3.63) is 77.0 Å². The molecular formula is C21H22N2O4S. The van der Waals surface area contributed by atoms with Crippen LogP contribution in [0.5, 0.6) is 5.75 Å². The van der Waals surface area contributed by atoms with E-state index in [2.05, 4.69) is 0 Å². The number of benzene rings is 2. The Morgan fingerprint density at radius 2 is 1.71 bits per heavy atom. The maximum absolute atomic E-state index is 11.8. The van der Waals surface area contributed by atoms with Crippen LogP contribution in [0, 0.1) is 20.8 Å². The first-order valence-electron chi connectivity index (χ1n) is 8.73. The Labute approximate surface area is 164 Å². The molecule has 0 spiro atoms. The minimum atomic E-state index is -4.63. The summed E-state index contributed by atoms with van der Waals surface area (Å²) in [5.74, 6) is 6.66. The van der Waals surface area contributed by atoms with Crippen molar-refractivity contribution in [3.8, 4) is 17.0 Å². The Morgan fingerprint density at radius 3 is 2.36 bits per heavy atom. The molecule has 0 atom stereocenters. The number of pyridine rings is 1. The van der Waals surface area contributed by atoms with Crippen molar-refractivity contribution in [1.82, 2.24) is 0 Å². The van der Waals surface area contributed by atoms with E-state index in [1.807, 2.05) is 37.3 Å². The van der Waals surface area contributed by atoms with E-state index >= 15 is 0 Å². The number of aromatic nitrogens is 1. The molecule has 0 aliphatic heterocycles. The van der Waals surface area contributed by atoms with Crippen LogP contribution in [-0.2, 0) is 16.7 Å². The SMILES string of the molecule is Cc1cc(C)c(S(=O)(=O)[O-])c(C)c1-c1c(OCc2ccccc2)ccc[n+]1N. The van der Waals surface area contributed by atoms with Gasteiger partial charge in [0.05, 0.1) is 10.5 Å². The molecule has 0 aliphatic carbocycles. The van der Waals surface area contributed by atoms with Gasteiger partial charge in [0.1, 0.15) is 16.7 Å². The number of nitrogens with two attached hydrogens (primary N) is 1. The molecule has 1 aromatic heterocycles. The Kier molecular flexibility index (Phi) is 5.40. The number of hydrogen-bond acceptors (Lipinski definition) is 5. The van der Waals surface area contributed by atoms with Gasteiger partial charge in [-0.3, -0.25) is 0 Å². The summed E-state index contributed by atoms with van der Waals surface area (Å²) in [6.45, 7) is 5.41. The van der Waals surface area contributed by atoms with E-state index in [-0.39, 0.29) is 4.90 Å². The van der Waals surface area contributed by atoms with Crippen LogP contribution in [0.2, 0.25) is 0 Å². The van der Waals surface area contributed by atoms with Gasteiger partial charge in [0.25, 0.3) is 5.69 Å². The maximum atomic E-state index is 11.8. The maximum Gasteiger partial charge on any atom is 0.284 e. The number of ether oxygens (including phenoxy) is 1. The Hall–Kier alpha value is -2.90. The summed E-state index contributed by atoms with van der Waals surface area (Å²) in [5.41, 5.74) is 3.66. The van der Waals surface area contributed by atoms with Crippen LogP contribution in [0.3, 0.4) is 0 Å². The van der Waals surface area contributed by atoms with Crippen molar-refractivity contribution >= 4 is 10.1 Å². The highest BCUT2D eigenvalue weighted by atomic mass is 32.2. The van der Waals surface area contributed by atoms with Gasteiger partial charge in [-0.1, -0.05) is 41.1 Å². The standard InChI is InChI=1S/C21H22N2O4S/c1-14-12-15(2)21(28(24,25)26)16(3)19(14)20-18(10-7-11-23(20)22)27-13-17-8-5-4-6-9-17/h4-12H,13,22H2,1-3H3. The van der Waals surface area contributed by atoms with Gasteiger partial charge in [0, 0.05) is 6.07 Å². The zero-order chi connectivity index (χ0) is 20.5. The summed E-state index contributed by atoms with van der Waals surface area (Å²) >= 11 is 0. The quantitative estimate of drug-likeness (QED) is 0.405. The van der Waals surface area contributed by atoms with E-state index in [0.717, 1.165) is 11.1 Å². The molecule has 3 aromatic rings. The lowest BCUT2D eigenvalue weighted by Crippen LogP contribution is -2.46. The summed E-state index contributed by atoms with van der Waals surface area (Å²) in [6.07, 6.45) is 1.65. The van der Waals surface area contributed by atoms with Gasteiger partial charge in [0.15, 0.2) is 11.9 Å². The molecule has 2 N–H and O–H groups in total. The molecule has 1 heterocycles.